The molecule has 1 aliphatic rings. The zero-order valence-corrected chi connectivity index (χ0v) is 10.7. The maximum Gasteiger partial charge on any atom is 0.124 e. The lowest BCUT2D eigenvalue weighted by atomic mass is 9.88. The second-order valence-corrected chi connectivity index (χ2v) is 4.82. The van der Waals surface area contributed by atoms with Gasteiger partial charge in [-0.2, -0.15) is 0 Å². The summed E-state index contributed by atoms with van der Waals surface area (Å²) in [6.07, 6.45) is 4.60. The number of rotatable bonds is 4. The van der Waals surface area contributed by atoms with Crippen LogP contribution in [0.15, 0.2) is 18.2 Å². The molecule has 0 aromatic heterocycles. The van der Waals surface area contributed by atoms with Crippen LogP contribution in [0.2, 0.25) is 0 Å². The number of nitrogens with two attached hydrogens (primary N) is 1. The molecule has 1 saturated carbocycles. The minimum atomic E-state index is -0.144. The van der Waals surface area contributed by atoms with Gasteiger partial charge in [-0.25, -0.2) is 0 Å². The van der Waals surface area contributed by atoms with Crippen molar-refractivity contribution in [2.75, 3.05) is 14.2 Å². The molecule has 0 spiro atoms. The van der Waals surface area contributed by atoms with Crippen LogP contribution in [0.4, 0.5) is 0 Å². The first kappa shape index (κ1) is 12.4. The average molecular weight is 235 g/mol. The summed E-state index contributed by atoms with van der Waals surface area (Å²) in [5.74, 6) is 0.872. The average Bonchev–Trinajstić information content (AvgIpc) is 2.78. The van der Waals surface area contributed by atoms with E-state index >= 15 is 0 Å². The molecule has 0 radical (unpaired) electrons. The summed E-state index contributed by atoms with van der Waals surface area (Å²) < 4.78 is 10.5. The van der Waals surface area contributed by atoms with Crippen LogP contribution in [0.3, 0.4) is 0 Å². The number of hydrogen-bond donors (Lipinski definition) is 1. The largest absolute Gasteiger partial charge is 0.496 e. The Morgan fingerprint density at radius 2 is 1.94 bits per heavy atom. The van der Waals surface area contributed by atoms with Crippen molar-refractivity contribution in [3.05, 3.63) is 29.3 Å². The smallest absolute Gasteiger partial charge is 0.124 e. The number of hydrogen-bond acceptors (Lipinski definition) is 3. The monoisotopic (exact) mass is 235 g/mol. The van der Waals surface area contributed by atoms with Gasteiger partial charge in [0, 0.05) is 18.2 Å². The number of benzene rings is 1. The fraction of sp³-hybridized carbons (Fsp3) is 0.571. The first-order chi connectivity index (χ1) is 8.19. The standard InChI is InChI=1S/C14H21NO2/c1-16-10-11-9-12(5-6-13(11)17-2)14(15)7-3-4-8-14/h5-6,9H,3-4,7-8,10,15H2,1-2H3. The molecule has 1 aromatic carbocycles. The molecule has 3 nitrogen and oxygen atoms in total. The molecule has 2 rings (SSSR count). The first-order valence-corrected chi connectivity index (χ1v) is 6.15. The quantitative estimate of drug-likeness (QED) is 0.872. The van der Waals surface area contributed by atoms with Crippen LogP contribution < -0.4 is 10.5 Å². The van der Waals surface area contributed by atoms with E-state index in [1.807, 2.05) is 6.07 Å². The molecule has 0 saturated heterocycles. The van der Waals surface area contributed by atoms with Gasteiger partial charge in [-0.1, -0.05) is 18.9 Å². The van der Waals surface area contributed by atoms with E-state index in [1.54, 1.807) is 14.2 Å². The maximum absolute atomic E-state index is 6.46. The summed E-state index contributed by atoms with van der Waals surface area (Å²) in [7, 11) is 3.38. The van der Waals surface area contributed by atoms with E-state index in [2.05, 4.69) is 12.1 Å². The Kier molecular flexibility index (Phi) is 3.69. The molecule has 0 aliphatic heterocycles. The van der Waals surface area contributed by atoms with E-state index in [9.17, 15) is 0 Å². The molecule has 0 unspecified atom stereocenters. The summed E-state index contributed by atoms with van der Waals surface area (Å²) in [4.78, 5) is 0. The van der Waals surface area contributed by atoms with Crippen LogP contribution in [0.5, 0.6) is 5.75 Å². The maximum atomic E-state index is 6.46. The third-order valence-corrected chi connectivity index (χ3v) is 3.65. The van der Waals surface area contributed by atoms with E-state index < -0.39 is 0 Å². The summed E-state index contributed by atoms with van der Waals surface area (Å²) >= 11 is 0. The van der Waals surface area contributed by atoms with E-state index in [0.29, 0.717) is 6.61 Å². The second kappa shape index (κ2) is 5.07. The van der Waals surface area contributed by atoms with E-state index in [0.717, 1.165) is 24.2 Å². The van der Waals surface area contributed by atoms with Crippen LogP contribution >= 0.6 is 0 Å². The highest BCUT2D eigenvalue weighted by molar-refractivity contribution is 5.40. The van der Waals surface area contributed by atoms with Gasteiger partial charge < -0.3 is 15.2 Å². The normalized spacial score (nSPS) is 18.3. The fourth-order valence-corrected chi connectivity index (χ4v) is 2.65. The molecule has 1 aliphatic carbocycles. The predicted molar refractivity (Wildman–Crippen MR) is 68.0 cm³/mol. The zero-order chi connectivity index (χ0) is 12.3. The van der Waals surface area contributed by atoms with Crippen molar-refractivity contribution in [1.29, 1.82) is 0 Å². The topological polar surface area (TPSA) is 44.5 Å². The molecule has 0 amide bonds. The van der Waals surface area contributed by atoms with Gasteiger partial charge >= 0.3 is 0 Å². The van der Waals surface area contributed by atoms with Gasteiger partial charge in [0.15, 0.2) is 0 Å². The van der Waals surface area contributed by atoms with Crippen molar-refractivity contribution in [1.82, 2.24) is 0 Å². The molecule has 3 heteroatoms. The zero-order valence-electron chi connectivity index (χ0n) is 10.7. The van der Waals surface area contributed by atoms with Gasteiger partial charge in [-0.15, -0.1) is 0 Å². The van der Waals surface area contributed by atoms with Crippen LogP contribution in [0.25, 0.3) is 0 Å². The van der Waals surface area contributed by atoms with Gasteiger partial charge in [0.25, 0.3) is 0 Å². The Bertz CT molecular complexity index is 384. The highest BCUT2D eigenvalue weighted by Crippen LogP contribution is 2.37. The van der Waals surface area contributed by atoms with Crippen LogP contribution in [-0.2, 0) is 16.9 Å². The van der Waals surface area contributed by atoms with Crippen molar-refractivity contribution in [2.24, 2.45) is 5.73 Å². The molecule has 0 heterocycles. The van der Waals surface area contributed by atoms with Crippen LogP contribution in [0, 0.1) is 0 Å². The van der Waals surface area contributed by atoms with E-state index in [4.69, 9.17) is 15.2 Å². The lowest BCUT2D eigenvalue weighted by molar-refractivity contribution is 0.181. The van der Waals surface area contributed by atoms with Crippen molar-refractivity contribution >= 4 is 0 Å². The SMILES string of the molecule is COCc1cc(C2(N)CCCC2)ccc1OC. The predicted octanol–water partition coefficient (Wildman–Crippen LogP) is 2.57. The number of methoxy groups -OCH3 is 2. The highest BCUT2D eigenvalue weighted by atomic mass is 16.5. The van der Waals surface area contributed by atoms with Crippen molar-refractivity contribution in [2.45, 2.75) is 37.8 Å². The molecule has 0 atom stereocenters. The first-order valence-electron chi connectivity index (χ1n) is 6.15. The third kappa shape index (κ3) is 2.45. The Labute approximate surface area is 103 Å². The summed E-state index contributed by atoms with van der Waals surface area (Å²) in [5, 5.41) is 0. The van der Waals surface area contributed by atoms with Gasteiger partial charge in [-0.3, -0.25) is 0 Å². The van der Waals surface area contributed by atoms with E-state index in [-0.39, 0.29) is 5.54 Å². The minimum Gasteiger partial charge on any atom is -0.496 e. The van der Waals surface area contributed by atoms with Crippen molar-refractivity contribution in [3.8, 4) is 5.75 Å². The molecule has 2 N–H and O–H groups in total. The summed E-state index contributed by atoms with van der Waals surface area (Å²) in [6.45, 7) is 0.563. The van der Waals surface area contributed by atoms with Gasteiger partial charge in [0.05, 0.1) is 13.7 Å². The third-order valence-electron chi connectivity index (χ3n) is 3.65. The second-order valence-electron chi connectivity index (χ2n) is 4.82. The Morgan fingerprint density at radius 1 is 1.24 bits per heavy atom. The summed E-state index contributed by atoms with van der Waals surface area (Å²) in [6, 6.07) is 6.22. The van der Waals surface area contributed by atoms with Gasteiger partial charge in [-0.05, 0) is 30.5 Å². The molecular formula is C14H21NO2. The molecule has 1 aromatic rings. The van der Waals surface area contributed by atoms with Crippen LogP contribution in [-0.4, -0.2) is 14.2 Å². The Balaban J connectivity index is 2.32. The summed E-state index contributed by atoms with van der Waals surface area (Å²) in [5.41, 5.74) is 8.60. The van der Waals surface area contributed by atoms with Gasteiger partial charge in [0.1, 0.15) is 5.75 Å². The minimum absolute atomic E-state index is 0.144. The van der Waals surface area contributed by atoms with Crippen molar-refractivity contribution < 1.29 is 9.47 Å². The molecule has 94 valence electrons. The van der Waals surface area contributed by atoms with Crippen LogP contribution in [0.1, 0.15) is 36.8 Å². The lowest BCUT2D eigenvalue weighted by Crippen LogP contribution is -2.33. The number of ether oxygens (including phenoxy) is 2. The van der Waals surface area contributed by atoms with Gasteiger partial charge in [0.2, 0.25) is 0 Å². The fourth-order valence-electron chi connectivity index (χ4n) is 2.65. The molecule has 17 heavy (non-hydrogen) atoms. The highest BCUT2D eigenvalue weighted by Gasteiger charge is 2.31. The van der Waals surface area contributed by atoms with Crippen molar-refractivity contribution in [3.63, 3.8) is 0 Å². The Hall–Kier alpha value is -1.06. The lowest BCUT2D eigenvalue weighted by Gasteiger charge is -2.25. The molecule has 1 fully saturated rings. The van der Waals surface area contributed by atoms with E-state index in [1.165, 1.54) is 18.4 Å². The molecule has 0 bridgehead atoms. The molecular weight excluding hydrogens is 214 g/mol. The Morgan fingerprint density at radius 3 is 2.53 bits per heavy atom.